The normalized spacial score (nSPS) is 30.1. The van der Waals surface area contributed by atoms with Crippen LogP contribution in [0.5, 0.6) is 0 Å². The summed E-state index contributed by atoms with van der Waals surface area (Å²) >= 11 is 0. The van der Waals surface area contributed by atoms with Gasteiger partial charge in [0.15, 0.2) is 0 Å². The van der Waals surface area contributed by atoms with Gasteiger partial charge in [-0.2, -0.15) is 0 Å². The van der Waals surface area contributed by atoms with Crippen LogP contribution >= 0.6 is 0 Å². The zero-order valence-corrected chi connectivity index (χ0v) is 13.8. The van der Waals surface area contributed by atoms with Crippen molar-refractivity contribution in [2.45, 2.75) is 50.4 Å². The maximum absolute atomic E-state index is 12.6. The van der Waals surface area contributed by atoms with Crippen LogP contribution in [0.25, 0.3) is 0 Å². The van der Waals surface area contributed by atoms with Gasteiger partial charge in [0.05, 0.1) is 16.7 Å². The number of carbonyl (C=O) groups excluding carboxylic acids is 1. The summed E-state index contributed by atoms with van der Waals surface area (Å²) < 4.78 is 5.97. The molecule has 0 bridgehead atoms. The summed E-state index contributed by atoms with van der Waals surface area (Å²) in [4.78, 5) is 16.6. The number of amides is 1. The molecule has 1 aromatic rings. The lowest BCUT2D eigenvalue weighted by Gasteiger charge is -2.52. The lowest BCUT2D eigenvalue weighted by Crippen LogP contribution is -2.69. The molecular formula is C17H25N3O3. The van der Waals surface area contributed by atoms with Crippen molar-refractivity contribution < 1.29 is 14.6 Å². The minimum absolute atomic E-state index is 0.200. The third kappa shape index (κ3) is 3.11. The molecular weight excluding hydrogens is 294 g/mol. The topological polar surface area (TPSA) is 83.5 Å². The van der Waals surface area contributed by atoms with Crippen molar-refractivity contribution in [3.63, 3.8) is 0 Å². The van der Waals surface area contributed by atoms with Crippen LogP contribution in [0, 0.1) is 6.92 Å². The van der Waals surface area contributed by atoms with Crippen LogP contribution in [0.4, 0.5) is 0 Å². The average Bonchev–Trinajstić information content (AvgIpc) is 2.54. The van der Waals surface area contributed by atoms with E-state index in [1.165, 1.54) is 0 Å². The molecule has 0 saturated carbocycles. The molecule has 23 heavy (non-hydrogen) atoms. The number of aromatic nitrogens is 1. The van der Waals surface area contributed by atoms with Crippen LogP contribution < -0.4 is 10.6 Å². The Balaban J connectivity index is 1.78. The fourth-order valence-corrected chi connectivity index (χ4v) is 3.67. The Kier molecular flexibility index (Phi) is 4.40. The Morgan fingerprint density at radius 3 is 2.83 bits per heavy atom. The van der Waals surface area contributed by atoms with Crippen LogP contribution in [0.1, 0.15) is 42.1 Å². The van der Waals surface area contributed by atoms with Gasteiger partial charge in [-0.1, -0.05) is 0 Å². The molecule has 1 amide bonds. The molecule has 2 fully saturated rings. The van der Waals surface area contributed by atoms with Gasteiger partial charge < -0.3 is 20.5 Å². The number of rotatable bonds is 2. The standard InChI is InChI=1S/C17H25N3O3/c1-12-9-13(11-19-10-12)14(21)20-16(2)5-8-23-17(15(16)22)3-6-18-7-4-17/h9-11,15,18,22H,3-8H2,1-2H3,(H,20,21)/t15-,16+/m0/s1. The largest absolute Gasteiger partial charge is 0.388 e. The maximum atomic E-state index is 12.6. The van der Waals surface area contributed by atoms with Gasteiger partial charge in [0.2, 0.25) is 0 Å². The number of hydrogen-bond donors (Lipinski definition) is 3. The summed E-state index contributed by atoms with van der Waals surface area (Å²) in [6.45, 7) is 6.00. The van der Waals surface area contributed by atoms with Gasteiger partial charge in [-0.3, -0.25) is 9.78 Å². The van der Waals surface area contributed by atoms with E-state index < -0.39 is 17.2 Å². The first-order valence-corrected chi connectivity index (χ1v) is 8.22. The van der Waals surface area contributed by atoms with Crippen molar-refractivity contribution in [2.24, 2.45) is 0 Å². The Hall–Kier alpha value is -1.50. The molecule has 1 aromatic heterocycles. The molecule has 0 unspecified atom stereocenters. The quantitative estimate of drug-likeness (QED) is 0.750. The molecule has 3 heterocycles. The number of ether oxygens (including phenoxy) is 1. The van der Waals surface area contributed by atoms with E-state index >= 15 is 0 Å². The van der Waals surface area contributed by atoms with Crippen LogP contribution in [-0.2, 0) is 4.74 Å². The first kappa shape index (κ1) is 16.4. The zero-order chi connectivity index (χ0) is 16.5. The van der Waals surface area contributed by atoms with E-state index in [1.54, 1.807) is 18.5 Å². The van der Waals surface area contributed by atoms with E-state index in [4.69, 9.17) is 4.74 Å². The molecule has 1 spiro atoms. The molecule has 2 aliphatic rings. The summed E-state index contributed by atoms with van der Waals surface area (Å²) in [6, 6.07) is 1.80. The Bertz CT molecular complexity index is 581. The van der Waals surface area contributed by atoms with Gasteiger partial charge >= 0.3 is 0 Å². The number of piperidine rings is 1. The zero-order valence-electron chi connectivity index (χ0n) is 13.8. The molecule has 2 aliphatic heterocycles. The molecule has 2 atom stereocenters. The van der Waals surface area contributed by atoms with Gasteiger partial charge in [-0.25, -0.2) is 0 Å². The number of nitrogens with zero attached hydrogens (tertiary/aromatic N) is 1. The summed E-state index contributed by atoms with van der Waals surface area (Å²) in [6.07, 6.45) is 4.64. The summed E-state index contributed by atoms with van der Waals surface area (Å²) in [7, 11) is 0. The van der Waals surface area contributed by atoms with E-state index in [1.807, 2.05) is 13.8 Å². The Morgan fingerprint density at radius 1 is 1.39 bits per heavy atom. The van der Waals surface area contributed by atoms with E-state index in [0.717, 1.165) is 31.5 Å². The van der Waals surface area contributed by atoms with E-state index in [9.17, 15) is 9.90 Å². The number of aryl methyl sites for hydroxylation is 1. The molecule has 2 saturated heterocycles. The van der Waals surface area contributed by atoms with Gasteiger partial charge in [-0.15, -0.1) is 0 Å². The number of aliphatic hydroxyl groups excluding tert-OH is 1. The molecule has 3 rings (SSSR count). The highest BCUT2D eigenvalue weighted by Crippen LogP contribution is 2.38. The number of nitrogens with one attached hydrogen (secondary N) is 2. The number of carbonyl (C=O) groups is 1. The van der Waals surface area contributed by atoms with Gasteiger partial charge in [-0.05, 0) is 57.8 Å². The number of hydrogen-bond acceptors (Lipinski definition) is 5. The van der Waals surface area contributed by atoms with Gasteiger partial charge in [0, 0.05) is 19.0 Å². The fourth-order valence-electron chi connectivity index (χ4n) is 3.67. The molecule has 6 nitrogen and oxygen atoms in total. The second-order valence-corrected chi connectivity index (χ2v) is 6.94. The molecule has 3 N–H and O–H groups in total. The fraction of sp³-hybridized carbons (Fsp3) is 0.647. The SMILES string of the molecule is Cc1cncc(C(=O)N[C@]2(C)CCOC3(CCNCC3)[C@H]2O)c1. The van der Waals surface area contributed by atoms with E-state index in [-0.39, 0.29) is 5.91 Å². The van der Waals surface area contributed by atoms with Crippen molar-refractivity contribution in [1.29, 1.82) is 0 Å². The number of pyridine rings is 1. The molecule has 126 valence electrons. The summed E-state index contributed by atoms with van der Waals surface area (Å²) in [5, 5.41) is 17.3. The van der Waals surface area contributed by atoms with Gasteiger partial charge in [0.1, 0.15) is 6.10 Å². The third-order valence-corrected chi connectivity index (χ3v) is 5.10. The minimum atomic E-state index is -0.729. The Morgan fingerprint density at radius 2 is 2.13 bits per heavy atom. The lowest BCUT2D eigenvalue weighted by molar-refractivity contribution is -0.197. The smallest absolute Gasteiger partial charge is 0.253 e. The highest BCUT2D eigenvalue weighted by Gasteiger charge is 2.53. The Labute approximate surface area is 136 Å². The van der Waals surface area contributed by atoms with Crippen LogP contribution in [0.3, 0.4) is 0 Å². The van der Waals surface area contributed by atoms with Crippen molar-refractivity contribution in [3.05, 3.63) is 29.6 Å². The van der Waals surface area contributed by atoms with Crippen LogP contribution in [0.15, 0.2) is 18.5 Å². The minimum Gasteiger partial charge on any atom is -0.388 e. The predicted molar refractivity (Wildman–Crippen MR) is 86.3 cm³/mol. The first-order chi connectivity index (χ1) is 11.0. The van der Waals surface area contributed by atoms with Crippen molar-refractivity contribution >= 4 is 5.91 Å². The van der Waals surface area contributed by atoms with E-state index in [2.05, 4.69) is 15.6 Å². The second-order valence-electron chi connectivity index (χ2n) is 6.94. The summed E-state index contributed by atoms with van der Waals surface area (Å²) in [5.74, 6) is -0.200. The molecule has 0 aliphatic carbocycles. The van der Waals surface area contributed by atoms with E-state index in [0.29, 0.717) is 18.6 Å². The van der Waals surface area contributed by atoms with Gasteiger partial charge in [0.25, 0.3) is 5.91 Å². The average molecular weight is 319 g/mol. The highest BCUT2D eigenvalue weighted by molar-refractivity contribution is 5.94. The summed E-state index contributed by atoms with van der Waals surface area (Å²) in [5.41, 5.74) is 0.196. The first-order valence-electron chi connectivity index (χ1n) is 8.22. The lowest BCUT2D eigenvalue weighted by atomic mass is 9.73. The van der Waals surface area contributed by atoms with Crippen molar-refractivity contribution in [2.75, 3.05) is 19.7 Å². The predicted octanol–water partition coefficient (Wildman–Crippen LogP) is 0.782. The monoisotopic (exact) mass is 319 g/mol. The molecule has 0 radical (unpaired) electrons. The van der Waals surface area contributed by atoms with Crippen molar-refractivity contribution in [1.82, 2.24) is 15.6 Å². The number of aliphatic hydroxyl groups is 1. The molecule has 6 heteroatoms. The third-order valence-electron chi connectivity index (χ3n) is 5.10. The van der Waals surface area contributed by atoms with Crippen LogP contribution in [0.2, 0.25) is 0 Å². The van der Waals surface area contributed by atoms with Crippen molar-refractivity contribution in [3.8, 4) is 0 Å². The highest BCUT2D eigenvalue weighted by atomic mass is 16.5. The second kappa shape index (κ2) is 6.19. The maximum Gasteiger partial charge on any atom is 0.253 e. The van der Waals surface area contributed by atoms with Crippen LogP contribution in [-0.4, -0.2) is 52.9 Å². The molecule has 0 aromatic carbocycles.